The molecule has 1 heterocycles. The minimum Gasteiger partial charge on any atom is -0.310 e. The quantitative estimate of drug-likeness (QED) is 0.155. The molecule has 0 radical (unpaired) electrons. The summed E-state index contributed by atoms with van der Waals surface area (Å²) in [6.45, 7) is 4.95. The van der Waals surface area contributed by atoms with Crippen LogP contribution in [-0.4, -0.2) is 4.57 Å². The van der Waals surface area contributed by atoms with Crippen molar-refractivity contribution in [1.82, 2.24) is 4.57 Å². The molecule has 0 N–H and O–H groups in total. The average Bonchev–Trinajstić information content (AvgIpc) is 4.10. The summed E-state index contributed by atoms with van der Waals surface area (Å²) in [5, 5.41) is 2.68. The van der Waals surface area contributed by atoms with Gasteiger partial charge >= 0.3 is 0 Å². The van der Waals surface area contributed by atoms with Crippen LogP contribution in [0, 0.1) is 29.6 Å². The molecule has 3 unspecified atom stereocenters. The summed E-state index contributed by atoms with van der Waals surface area (Å²) in [4.78, 5) is 2.57. The Morgan fingerprint density at radius 2 is 1.16 bits per heavy atom. The van der Waals surface area contributed by atoms with Crippen molar-refractivity contribution in [3.63, 3.8) is 0 Å². The van der Waals surface area contributed by atoms with Crippen LogP contribution in [0.4, 0.5) is 17.1 Å². The standard InChI is InChI=1S/C62H58N2/c1-61(2)56-35-51(24-25-52(56)53-26-28-58-59(60(53)61)55-34-45(43-9-5-3-6-10-43)17-27-57(55)64(58)48-11-7-4-8-12-48)63(49-20-15-44(16-21-49)54-33-39-13-14-46(54)32-39)50-22-18-47(19-23-50)62-36-40-29-41(37-62)31-42(30-40)38-62/h3-12,15-28,34-35,39-42,46,54H,13-14,29-33,36-38H2,1-2H3. The molecule has 3 atom stereocenters. The molecule has 6 saturated carbocycles. The van der Waals surface area contributed by atoms with Crippen molar-refractivity contribution in [3.05, 3.63) is 180 Å². The Balaban J connectivity index is 0.904. The maximum Gasteiger partial charge on any atom is 0.0544 e. The molecule has 1 aromatic heterocycles. The molecule has 2 nitrogen and oxygen atoms in total. The zero-order chi connectivity index (χ0) is 42.3. The molecule has 0 aliphatic heterocycles. The lowest BCUT2D eigenvalue weighted by molar-refractivity contribution is -0.00518. The first-order valence-corrected chi connectivity index (χ1v) is 24.7. The van der Waals surface area contributed by atoms with Crippen LogP contribution in [-0.2, 0) is 10.8 Å². The van der Waals surface area contributed by atoms with E-state index in [1.54, 1.807) is 11.1 Å². The van der Waals surface area contributed by atoms with Crippen molar-refractivity contribution in [2.24, 2.45) is 29.6 Å². The van der Waals surface area contributed by atoms with Crippen molar-refractivity contribution >= 4 is 38.9 Å². The van der Waals surface area contributed by atoms with E-state index in [2.05, 4.69) is 181 Å². The van der Waals surface area contributed by atoms with Gasteiger partial charge in [0, 0.05) is 38.9 Å². The monoisotopic (exact) mass is 830 g/mol. The van der Waals surface area contributed by atoms with Crippen molar-refractivity contribution < 1.29 is 0 Å². The fourth-order valence-corrected chi connectivity index (χ4v) is 15.6. The third-order valence-electron chi connectivity index (χ3n) is 18.0. The highest BCUT2D eigenvalue weighted by Crippen LogP contribution is 2.61. The van der Waals surface area contributed by atoms with E-state index < -0.39 is 0 Å². The van der Waals surface area contributed by atoms with Gasteiger partial charge in [-0.25, -0.2) is 0 Å². The Morgan fingerprint density at radius 1 is 0.516 bits per heavy atom. The van der Waals surface area contributed by atoms with Gasteiger partial charge in [-0.3, -0.25) is 0 Å². The van der Waals surface area contributed by atoms with Gasteiger partial charge in [0.15, 0.2) is 0 Å². The Morgan fingerprint density at radius 3 is 1.83 bits per heavy atom. The number of hydrogen-bond acceptors (Lipinski definition) is 1. The van der Waals surface area contributed by atoms with Crippen LogP contribution in [0.3, 0.4) is 0 Å². The summed E-state index contributed by atoms with van der Waals surface area (Å²) < 4.78 is 2.49. The summed E-state index contributed by atoms with van der Waals surface area (Å²) in [6.07, 6.45) is 14.3. The van der Waals surface area contributed by atoms with Gasteiger partial charge in [-0.15, -0.1) is 0 Å². The van der Waals surface area contributed by atoms with Crippen LogP contribution in [0.1, 0.15) is 106 Å². The van der Waals surface area contributed by atoms with E-state index >= 15 is 0 Å². The third kappa shape index (κ3) is 5.56. The number of aromatic nitrogens is 1. The van der Waals surface area contributed by atoms with Crippen LogP contribution >= 0.6 is 0 Å². The topological polar surface area (TPSA) is 8.17 Å². The highest BCUT2D eigenvalue weighted by atomic mass is 15.1. The van der Waals surface area contributed by atoms with E-state index in [0.29, 0.717) is 5.41 Å². The van der Waals surface area contributed by atoms with Crippen LogP contribution in [0.5, 0.6) is 0 Å². The van der Waals surface area contributed by atoms with E-state index in [4.69, 9.17) is 0 Å². The van der Waals surface area contributed by atoms with E-state index in [1.807, 2.05) is 0 Å². The Labute approximate surface area is 379 Å². The molecule has 0 spiro atoms. The first-order valence-electron chi connectivity index (χ1n) is 24.7. The van der Waals surface area contributed by atoms with E-state index in [1.165, 1.54) is 142 Å². The Kier molecular flexibility index (Phi) is 8.10. The molecule has 64 heavy (non-hydrogen) atoms. The van der Waals surface area contributed by atoms with E-state index in [9.17, 15) is 0 Å². The van der Waals surface area contributed by atoms with Gasteiger partial charge in [0.2, 0.25) is 0 Å². The highest BCUT2D eigenvalue weighted by Gasteiger charge is 2.51. The Hall–Kier alpha value is -5.86. The van der Waals surface area contributed by atoms with Crippen LogP contribution < -0.4 is 4.90 Å². The van der Waals surface area contributed by atoms with Crippen molar-refractivity contribution in [3.8, 4) is 27.9 Å². The molecule has 8 aromatic rings. The summed E-state index contributed by atoms with van der Waals surface area (Å²) in [5.74, 6) is 5.38. The number of para-hydroxylation sites is 1. The molecule has 7 aromatic carbocycles. The minimum atomic E-state index is -0.238. The molecular formula is C62H58N2. The van der Waals surface area contributed by atoms with Crippen molar-refractivity contribution in [2.75, 3.05) is 4.90 Å². The molecule has 6 bridgehead atoms. The second-order valence-corrected chi connectivity index (χ2v) is 22.0. The smallest absolute Gasteiger partial charge is 0.0544 e. The van der Waals surface area contributed by atoms with Gasteiger partial charge in [-0.05, 0) is 210 Å². The number of rotatable bonds is 7. The summed E-state index contributed by atoms with van der Waals surface area (Å²) >= 11 is 0. The number of anilines is 3. The highest BCUT2D eigenvalue weighted by molar-refractivity contribution is 6.15. The van der Waals surface area contributed by atoms with Gasteiger partial charge in [0.25, 0.3) is 0 Å². The zero-order valence-corrected chi connectivity index (χ0v) is 37.4. The molecule has 7 aliphatic carbocycles. The fourth-order valence-electron chi connectivity index (χ4n) is 15.6. The van der Waals surface area contributed by atoms with Crippen LogP contribution in [0.2, 0.25) is 0 Å². The molecule has 6 fully saturated rings. The summed E-state index contributed by atoms with van der Waals surface area (Å²) in [5.41, 5.74) is 18.8. The normalized spacial score (nSPS) is 26.8. The largest absolute Gasteiger partial charge is 0.310 e. The lowest BCUT2D eigenvalue weighted by Gasteiger charge is -2.57. The molecule has 7 aliphatic rings. The SMILES string of the molecule is CC1(C)c2cc(N(c3ccc(C4CC5CCC4C5)cc3)c3ccc(C45CC6CC(CC(C6)C4)C5)cc3)ccc2-c2ccc3c(c21)c1cc(-c2ccccc2)ccc1n3-c1ccccc1. The molecule has 2 heteroatoms. The van der Waals surface area contributed by atoms with Crippen molar-refractivity contribution in [2.45, 2.75) is 94.8 Å². The van der Waals surface area contributed by atoms with Gasteiger partial charge in [-0.2, -0.15) is 0 Å². The summed E-state index contributed by atoms with van der Waals surface area (Å²) in [7, 11) is 0. The number of nitrogens with zero attached hydrogens (tertiary/aromatic N) is 2. The predicted octanol–water partition coefficient (Wildman–Crippen LogP) is 16.6. The van der Waals surface area contributed by atoms with Gasteiger partial charge in [-0.1, -0.05) is 111 Å². The number of benzene rings is 7. The molecule has 15 rings (SSSR count). The molecule has 0 amide bonds. The minimum absolute atomic E-state index is 0.238. The lowest BCUT2D eigenvalue weighted by Crippen LogP contribution is -2.48. The van der Waals surface area contributed by atoms with E-state index in [-0.39, 0.29) is 5.41 Å². The second kappa shape index (κ2) is 13.8. The maximum absolute atomic E-state index is 2.57. The second-order valence-electron chi connectivity index (χ2n) is 22.0. The first kappa shape index (κ1) is 37.5. The molecule has 316 valence electrons. The van der Waals surface area contributed by atoms with Crippen LogP contribution in [0.15, 0.2) is 158 Å². The predicted molar refractivity (Wildman–Crippen MR) is 267 cm³/mol. The van der Waals surface area contributed by atoms with Crippen LogP contribution in [0.25, 0.3) is 49.7 Å². The van der Waals surface area contributed by atoms with Crippen molar-refractivity contribution in [1.29, 1.82) is 0 Å². The zero-order valence-electron chi connectivity index (χ0n) is 37.4. The first-order chi connectivity index (χ1) is 31.4. The van der Waals surface area contributed by atoms with Gasteiger partial charge in [0.1, 0.15) is 0 Å². The third-order valence-corrected chi connectivity index (χ3v) is 18.0. The molecule has 0 saturated heterocycles. The van der Waals surface area contributed by atoms with Gasteiger partial charge < -0.3 is 9.47 Å². The Bertz CT molecular complexity index is 3080. The molecular weight excluding hydrogens is 773 g/mol. The maximum atomic E-state index is 2.57. The summed E-state index contributed by atoms with van der Waals surface area (Å²) in [6, 6.07) is 61.0. The number of fused-ring (bicyclic) bond motifs is 9. The van der Waals surface area contributed by atoms with E-state index in [0.717, 1.165) is 35.5 Å². The number of hydrogen-bond donors (Lipinski definition) is 0. The average molecular weight is 831 g/mol. The lowest BCUT2D eigenvalue weighted by atomic mass is 9.48. The fraction of sp³-hybridized carbons (Fsp3) is 0.323. The van der Waals surface area contributed by atoms with Gasteiger partial charge in [0.05, 0.1) is 11.0 Å².